The summed E-state index contributed by atoms with van der Waals surface area (Å²) in [5, 5.41) is 11.9. The van der Waals surface area contributed by atoms with Crippen molar-refractivity contribution in [2.75, 3.05) is 19.1 Å². The fourth-order valence-electron chi connectivity index (χ4n) is 4.38. The van der Waals surface area contributed by atoms with E-state index in [1.165, 1.54) is 62.8 Å². The predicted molar refractivity (Wildman–Crippen MR) is 136 cm³/mol. The zero-order valence-electron chi connectivity index (χ0n) is 19.4. The van der Waals surface area contributed by atoms with Crippen LogP contribution in [-0.4, -0.2) is 31.0 Å². The molecule has 1 unspecified atom stereocenters. The van der Waals surface area contributed by atoms with E-state index >= 15 is 4.39 Å². The first kappa shape index (κ1) is 24.7. The first-order chi connectivity index (χ1) is 17.7. The van der Waals surface area contributed by atoms with E-state index in [1.807, 2.05) is 0 Å². The third-order valence-corrected chi connectivity index (χ3v) is 6.57. The molecule has 0 fully saturated rings. The Hall–Kier alpha value is -4.01. The summed E-state index contributed by atoms with van der Waals surface area (Å²) >= 11 is 12.4. The largest absolute Gasteiger partial charge is 0.503 e. The molecule has 10 heteroatoms. The van der Waals surface area contributed by atoms with Crippen molar-refractivity contribution in [3.63, 3.8) is 0 Å². The number of aliphatic hydroxyl groups excluding tert-OH is 1. The molecule has 1 aliphatic heterocycles. The van der Waals surface area contributed by atoms with Crippen LogP contribution in [-0.2, 0) is 4.79 Å². The zero-order valence-corrected chi connectivity index (χ0v) is 20.9. The molecule has 0 aliphatic carbocycles. The van der Waals surface area contributed by atoms with Gasteiger partial charge in [-0.25, -0.2) is 4.39 Å². The topological polar surface area (TPSA) is 89.2 Å². The van der Waals surface area contributed by atoms with E-state index in [0.29, 0.717) is 21.9 Å². The molecule has 188 valence electrons. The number of rotatable bonds is 6. The Balaban J connectivity index is 1.68. The van der Waals surface area contributed by atoms with Crippen LogP contribution < -0.4 is 14.4 Å². The lowest BCUT2D eigenvalue weighted by atomic mass is 9.94. The van der Waals surface area contributed by atoms with Crippen LogP contribution in [0.3, 0.4) is 0 Å². The van der Waals surface area contributed by atoms with Crippen LogP contribution >= 0.6 is 23.2 Å². The van der Waals surface area contributed by atoms with Crippen molar-refractivity contribution < 1.29 is 33.0 Å². The lowest BCUT2D eigenvalue weighted by Gasteiger charge is -2.27. The number of furan rings is 1. The van der Waals surface area contributed by atoms with E-state index in [0.717, 1.165) is 4.90 Å². The van der Waals surface area contributed by atoms with Crippen LogP contribution in [0.15, 0.2) is 76.4 Å². The number of anilines is 1. The van der Waals surface area contributed by atoms with Gasteiger partial charge in [0.25, 0.3) is 5.91 Å². The van der Waals surface area contributed by atoms with Crippen molar-refractivity contribution in [1.82, 2.24) is 0 Å². The Kier molecular flexibility index (Phi) is 6.31. The van der Waals surface area contributed by atoms with Crippen LogP contribution in [0.25, 0.3) is 11.0 Å². The average molecular weight is 542 g/mol. The van der Waals surface area contributed by atoms with Gasteiger partial charge in [-0.2, -0.15) is 0 Å². The SMILES string of the molecule is COc1ccc(N2C(=O)C(O)=C(C(=O)c3cc4cc(Cl)cc(OC)c4o3)C2c2ccccc2F)cc1Cl. The second-order valence-corrected chi connectivity index (χ2v) is 8.99. The van der Waals surface area contributed by atoms with Gasteiger partial charge < -0.3 is 19.0 Å². The van der Waals surface area contributed by atoms with E-state index in [1.54, 1.807) is 12.1 Å². The molecule has 0 spiro atoms. The van der Waals surface area contributed by atoms with E-state index in [9.17, 15) is 14.7 Å². The number of ether oxygens (including phenoxy) is 2. The molecule has 0 saturated carbocycles. The molecule has 1 N–H and O–H groups in total. The molecule has 1 aromatic heterocycles. The molecule has 7 nitrogen and oxygen atoms in total. The highest BCUT2D eigenvalue weighted by Gasteiger charge is 2.46. The second-order valence-electron chi connectivity index (χ2n) is 8.15. The number of nitrogens with zero attached hydrogens (tertiary/aromatic N) is 1. The molecule has 0 saturated heterocycles. The summed E-state index contributed by atoms with van der Waals surface area (Å²) in [4.78, 5) is 28.2. The van der Waals surface area contributed by atoms with Crippen molar-refractivity contribution in [2.45, 2.75) is 6.04 Å². The molecule has 2 heterocycles. The standard InChI is InChI=1S/C27H18Cl2FNO6/c1-35-19-8-7-15(12-17(19)29)31-23(16-5-3-4-6-18(16)30)22(25(33)27(31)34)24(32)20-10-13-9-14(28)11-21(36-2)26(13)37-20/h3-12,23,33H,1-2H3. The first-order valence-electron chi connectivity index (χ1n) is 10.9. The monoisotopic (exact) mass is 541 g/mol. The number of ketones is 1. The predicted octanol–water partition coefficient (Wildman–Crippen LogP) is 6.68. The number of fused-ring (bicyclic) bond motifs is 1. The number of benzene rings is 3. The molecule has 3 aromatic carbocycles. The van der Waals surface area contributed by atoms with E-state index in [4.69, 9.17) is 37.1 Å². The quantitative estimate of drug-likeness (QED) is 0.274. The first-order valence-corrected chi connectivity index (χ1v) is 11.7. The number of methoxy groups -OCH3 is 2. The Morgan fingerprint density at radius 3 is 2.43 bits per heavy atom. The smallest absolute Gasteiger partial charge is 0.294 e. The van der Waals surface area contributed by atoms with E-state index < -0.39 is 29.3 Å². The lowest BCUT2D eigenvalue weighted by molar-refractivity contribution is -0.117. The third-order valence-electron chi connectivity index (χ3n) is 6.06. The van der Waals surface area contributed by atoms with Gasteiger partial charge in [0.2, 0.25) is 5.78 Å². The molecule has 0 radical (unpaired) electrons. The maximum Gasteiger partial charge on any atom is 0.294 e. The van der Waals surface area contributed by atoms with Gasteiger partial charge in [-0.05, 0) is 36.4 Å². The third kappa shape index (κ3) is 4.08. The summed E-state index contributed by atoms with van der Waals surface area (Å²) in [6.45, 7) is 0. The molecule has 1 aliphatic rings. The minimum Gasteiger partial charge on any atom is -0.503 e. The number of carbonyl (C=O) groups is 2. The molecule has 4 aromatic rings. The average Bonchev–Trinajstić information content (AvgIpc) is 3.42. The molecule has 1 amide bonds. The number of halogens is 3. The Morgan fingerprint density at radius 1 is 1.03 bits per heavy atom. The minimum absolute atomic E-state index is 0.00748. The summed E-state index contributed by atoms with van der Waals surface area (Å²) in [7, 11) is 2.86. The normalized spacial score (nSPS) is 15.5. The van der Waals surface area contributed by atoms with E-state index in [-0.39, 0.29) is 33.2 Å². The fraction of sp³-hybridized carbons (Fsp3) is 0.111. The van der Waals surface area contributed by atoms with Gasteiger partial charge in [0, 0.05) is 27.7 Å². The van der Waals surface area contributed by atoms with Gasteiger partial charge in [-0.1, -0.05) is 41.4 Å². The number of hydrogen-bond acceptors (Lipinski definition) is 6. The highest BCUT2D eigenvalue weighted by Crippen LogP contribution is 2.44. The molecule has 1 atom stereocenters. The van der Waals surface area contributed by atoms with Crippen molar-refractivity contribution in [3.8, 4) is 11.5 Å². The molecular formula is C27H18Cl2FNO6. The molecule has 37 heavy (non-hydrogen) atoms. The highest BCUT2D eigenvalue weighted by molar-refractivity contribution is 6.32. The highest BCUT2D eigenvalue weighted by atomic mass is 35.5. The molecule has 5 rings (SSSR count). The Morgan fingerprint density at radius 2 is 1.76 bits per heavy atom. The van der Waals surface area contributed by atoms with Crippen LogP contribution in [0.4, 0.5) is 10.1 Å². The minimum atomic E-state index is -1.32. The van der Waals surface area contributed by atoms with Crippen LogP contribution in [0.1, 0.15) is 22.2 Å². The van der Waals surface area contributed by atoms with Crippen molar-refractivity contribution in [3.05, 3.63) is 99.2 Å². The summed E-state index contributed by atoms with van der Waals surface area (Å²) in [6, 6.07) is 13.3. The zero-order chi connectivity index (χ0) is 26.4. The van der Waals surface area contributed by atoms with Crippen LogP contribution in [0.2, 0.25) is 10.0 Å². The fourth-order valence-corrected chi connectivity index (χ4v) is 4.85. The van der Waals surface area contributed by atoms with Gasteiger partial charge >= 0.3 is 0 Å². The summed E-state index contributed by atoms with van der Waals surface area (Å²) in [5.41, 5.74) is 0.107. The van der Waals surface area contributed by atoms with Crippen molar-refractivity contribution in [1.29, 1.82) is 0 Å². The van der Waals surface area contributed by atoms with Gasteiger partial charge in [-0.3, -0.25) is 14.5 Å². The van der Waals surface area contributed by atoms with Crippen molar-refractivity contribution in [2.24, 2.45) is 0 Å². The number of hydrogen-bond donors (Lipinski definition) is 1. The maximum absolute atomic E-state index is 15.1. The number of aliphatic hydroxyl groups is 1. The molecule has 0 bridgehead atoms. The van der Waals surface area contributed by atoms with Crippen molar-refractivity contribution >= 4 is 51.5 Å². The summed E-state index contributed by atoms with van der Waals surface area (Å²) < 4.78 is 31.3. The van der Waals surface area contributed by atoms with Gasteiger partial charge in [0.05, 0.1) is 30.9 Å². The Bertz CT molecular complexity index is 1610. The number of amides is 1. The lowest BCUT2D eigenvalue weighted by Crippen LogP contribution is -2.31. The summed E-state index contributed by atoms with van der Waals surface area (Å²) in [5.74, 6) is -2.78. The number of Topliss-reactive ketones (excluding diaryl/α,β-unsaturated/α-hetero) is 1. The van der Waals surface area contributed by atoms with E-state index in [2.05, 4.69) is 0 Å². The summed E-state index contributed by atoms with van der Waals surface area (Å²) in [6.07, 6.45) is 0. The molecular weight excluding hydrogens is 524 g/mol. The van der Waals surface area contributed by atoms with Crippen LogP contribution in [0.5, 0.6) is 11.5 Å². The maximum atomic E-state index is 15.1. The van der Waals surface area contributed by atoms with Gasteiger partial charge in [0.15, 0.2) is 22.9 Å². The van der Waals surface area contributed by atoms with Gasteiger partial charge in [0.1, 0.15) is 11.6 Å². The number of carbonyl (C=O) groups excluding carboxylic acids is 2. The second kappa shape index (κ2) is 9.46. The Labute approximate surface area is 220 Å². The van der Waals surface area contributed by atoms with Crippen LogP contribution in [0, 0.1) is 5.82 Å². The van der Waals surface area contributed by atoms with Gasteiger partial charge in [-0.15, -0.1) is 0 Å².